The standard InChI is InChI=1S/C28H31N3O3S/c1-5-19-12-14-20(15-13-19)23-22(25(33)28(34)31(23)17-9-16-30(3)4)24(32)26-18(2)29-27(35-26)21-10-7-6-8-11-21/h6-8,10-15,23,33H,5,9,16-17H2,1-4H3. The molecule has 0 bridgehead atoms. The Hall–Kier alpha value is -3.29. The molecule has 0 radical (unpaired) electrons. The molecule has 1 N–H and O–H groups in total. The summed E-state index contributed by atoms with van der Waals surface area (Å²) in [5.41, 5.74) is 3.65. The summed E-state index contributed by atoms with van der Waals surface area (Å²) in [7, 11) is 3.96. The second-order valence-corrected chi connectivity index (χ2v) is 10.0. The number of aryl methyl sites for hydroxylation is 2. The van der Waals surface area contributed by atoms with Gasteiger partial charge < -0.3 is 14.9 Å². The third-order valence-electron chi connectivity index (χ3n) is 6.28. The fraction of sp³-hybridized carbons (Fsp3) is 0.321. The molecule has 0 spiro atoms. The van der Waals surface area contributed by atoms with Gasteiger partial charge in [0.2, 0.25) is 5.78 Å². The van der Waals surface area contributed by atoms with Gasteiger partial charge in [-0.2, -0.15) is 0 Å². The molecular weight excluding hydrogens is 458 g/mol. The van der Waals surface area contributed by atoms with Crippen LogP contribution < -0.4 is 0 Å². The third kappa shape index (κ3) is 5.06. The average Bonchev–Trinajstić information content (AvgIpc) is 3.37. The van der Waals surface area contributed by atoms with Crippen LogP contribution in [0.25, 0.3) is 10.6 Å². The van der Waals surface area contributed by atoms with Crippen molar-refractivity contribution < 1.29 is 14.7 Å². The van der Waals surface area contributed by atoms with Crippen LogP contribution in [0, 0.1) is 6.92 Å². The van der Waals surface area contributed by atoms with E-state index >= 15 is 0 Å². The summed E-state index contributed by atoms with van der Waals surface area (Å²) in [6, 6.07) is 17.0. The molecule has 1 unspecified atom stereocenters. The highest BCUT2D eigenvalue weighted by Crippen LogP contribution is 2.41. The number of amides is 1. The maximum absolute atomic E-state index is 13.9. The fourth-order valence-electron chi connectivity index (χ4n) is 4.39. The number of aliphatic hydroxyl groups excluding tert-OH is 1. The van der Waals surface area contributed by atoms with Crippen molar-refractivity contribution >= 4 is 23.0 Å². The zero-order chi connectivity index (χ0) is 25.1. The van der Waals surface area contributed by atoms with E-state index in [-0.39, 0.29) is 11.4 Å². The molecule has 3 aromatic rings. The van der Waals surface area contributed by atoms with Crippen molar-refractivity contribution in [1.82, 2.24) is 14.8 Å². The van der Waals surface area contributed by atoms with E-state index in [1.54, 1.807) is 11.8 Å². The van der Waals surface area contributed by atoms with E-state index in [2.05, 4.69) is 16.8 Å². The van der Waals surface area contributed by atoms with E-state index in [1.165, 1.54) is 16.9 Å². The summed E-state index contributed by atoms with van der Waals surface area (Å²) in [6.07, 6.45) is 1.63. The molecule has 0 saturated heterocycles. The van der Waals surface area contributed by atoms with E-state index in [1.807, 2.05) is 68.7 Å². The number of hydrogen-bond acceptors (Lipinski definition) is 6. The molecule has 2 heterocycles. The molecule has 35 heavy (non-hydrogen) atoms. The van der Waals surface area contributed by atoms with E-state index in [9.17, 15) is 14.7 Å². The smallest absolute Gasteiger partial charge is 0.290 e. The number of aromatic nitrogens is 1. The normalized spacial score (nSPS) is 16.0. The Morgan fingerprint density at radius 3 is 2.43 bits per heavy atom. The van der Waals surface area contributed by atoms with Crippen LogP contribution in [0.1, 0.15) is 45.9 Å². The molecule has 6 nitrogen and oxygen atoms in total. The number of carbonyl (C=O) groups excluding carboxylic acids is 2. The quantitative estimate of drug-likeness (QED) is 0.418. The molecule has 4 rings (SSSR count). The van der Waals surface area contributed by atoms with Crippen LogP contribution in [0.4, 0.5) is 0 Å². The number of thiazole rings is 1. The summed E-state index contributed by atoms with van der Waals surface area (Å²) in [5, 5.41) is 11.7. The number of Topliss-reactive ketones (excluding diaryl/α,β-unsaturated/α-hetero) is 1. The number of carbonyl (C=O) groups is 2. The summed E-state index contributed by atoms with van der Waals surface area (Å²) in [6.45, 7) is 5.11. The average molecular weight is 490 g/mol. The molecule has 1 atom stereocenters. The summed E-state index contributed by atoms with van der Waals surface area (Å²) >= 11 is 1.29. The minimum absolute atomic E-state index is 0.135. The largest absolute Gasteiger partial charge is 0.503 e. The van der Waals surface area contributed by atoms with Crippen molar-refractivity contribution in [2.24, 2.45) is 0 Å². The Morgan fingerprint density at radius 2 is 1.80 bits per heavy atom. The topological polar surface area (TPSA) is 73.7 Å². The Morgan fingerprint density at radius 1 is 1.11 bits per heavy atom. The first-order valence-corrected chi connectivity index (χ1v) is 12.7. The molecule has 0 fully saturated rings. The van der Waals surface area contributed by atoms with Crippen LogP contribution in [0.2, 0.25) is 0 Å². The van der Waals surface area contributed by atoms with Gasteiger partial charge in [0, 0.05) is 12.1 Å². The lowest BCUT2D eigenvalue weighted by Crippen LogP contribution is -2.33. The molecule has 2 aromatic carbocycles. The number of benzene rings is 2. The fourth-order valence-corrected chi connectivity index (χ4v) is 5.42. The van der Waals surface area contributed by atoms with Gasteiger partial charge in [0.25, 0.3) is 5.91 Å². The van der Waals surface area contributed by atoms with Gasteiger partial charge in [-0.1, -0.05) is 61.5 Å². The summed E-state index contributed by atoms with van der Waals surface area (Å²) in [5.74, 6) is -1.30. The molecule has 1 amide bonds. The SMILES string of the molecule is CCc1ccc(C2C(C(=O)c3sc(-c4ccccc4)nc3C)=C(O)C(=O)N2CCCN(C)C)cc1. The molecule has 1 aliphatic rings. The molecule has 1 aromatic heterocycles. The predicted molar refractivity (Wildman–Crippen MR) is 140 cm³/mol. The van der Waals surface area contributed by atoms with Gasteiger partial charge in [-0.3, -0.25) is 9.59 Å². The maximum atomic E-state index is 13.9. The van der Waals surface area contributed by atoms with Crippen molar-refractivity contribution in [2.45, 2.75) is 32.7 Å². The van der Waals surface area contributed by atoms with E-state index in [0.717, 1.165) is 35.5 Å². The first kappa shape index (κ1) is 24.8. The Kier molecular flexibility index (Phi) is 7.48. The second-order valence-electron chi connectivity index (χ2n) is 9.04. The summed E-state index contributed by atoms with van der Waals surface area (Å²) < 4.78 is 0. The minimum atomic E-state index is -0.634. The molecule has 7 heteroatoms. The van der Waals surface area contributed by atoms with Crippen molar-refractivity contribution in [3.63, 3.8) is 0 Å². The van der Waals surface area contributed by atoms with Gasteiger partial charge in [-0.25, -0.2) is 4.98 Å². The van der Waals surface area contributed by atoms with Crippen molar-refractivity contribution in [3.05, 3.63) is 87.6 Å². The van der Waals surface area contributed by atoms with Crippen LogP contribution in [-0.2, 0) is 11.2 Å². The van der Waals surface area contributed by atoms with E-state index in [0.29, 0.717) is 17.1 Å². The lowest BCUT2D eigenvalue weighted by atomic mass is 9.94. The molecule has 0 saturated carbocycles. The van der Waals surface area contributed by atoms with Gasteiger partial charge in [-0.15, -0.1) is 11.3 Å². The van der Waals surface area contributed by atoms with Gasteiger partial charge >= 0.3 is 0 Å². The highest BCUT2D eigenvalue weighted by Gasteiger charge is 2.44. The summed E-state index contributed by atoms with van der Waals surface area (Å²) in [4.78, 5) is 35.8. The van der Waals surface area contributed by atoms with Crippen LogP contribution in [0.15, 0.2) is 65.9 Å². The predicted octanol–water partition coefficient (Wildman–Crippen LogP) is 5.21. The number of aliphatic hydroxyl groups is 1. The molecule has 1 aliphatic heterocycles. The zero-order valence-electron chi connectivity index (χ0n) is 20.6. The Balaban J connectivity index is 1.73. The van der Waals surface area contributed by atoms with E-state index < -0.39 is 17.7 Å². The van der Waals surface area contributed by atoms with Gasteiger partial charge in [0.15, 0.2) is 5.76 Å². The number of ketones is 1. The van der Waals surface area contributed by atoms with Gasteiger partial charge in [0.05, 0.1) is 22.2 Å². The molecular formula is C28H31N3O3S. The highest BCUT2D eigenvalue weighted by molar-refractivity contribution is 7.17. The lowest BCUT2D eigenvalue weighted by molar-refractivity contribution is -0.129. The van der Waals surface area contributed by atoms with Gasteiger partial charge in [0.1, 0.15) is 5.01 Å². The van der Waals surface area contributed by atoms with Crippen LogP contribution >= 0.6 is 11.3 Å². The monoisotopic (exact) mass is 489 g/mol. The van der Waals surface area contributed by atoms with Crippen LogP contribution in [0.3, 0.4) is 0 Å². The first-order valence-electron chi connectivity index (χ1n) is 11.9. The highest BCUT2D eigenvalue weighted by atomic mass is 32.1. The van der Waals surface area contributed by atoms with Crippen molar-refractivity contribution in [3.8, 4) is 10.6 Å². The van der Waals surface area contributed by atoms with Gasteiger partial charge in [-0.05, 0) is 51.5 Å². The van der Waals surface area contributed by atoms with Crippen molar-refractivity contribution in [2.75, 3.05) is 27.2 Å². The first-order chi connectivity index (χ1) is 16.8. The minimum Gasteiger partial charge on any atom is -0.503 e. The lowest BCUT2D eigenvalue weighted by Gasteiger charge is -2.27. The Labute approximate surface area is 210 Å². The van der Waals surface area contributed by atoms with Crippen molar-refractivity contribution in [1.29, 1.82) is 0 Å². The third-order valence-corrected chi connectivity index (χ3v) is 7.49. The zero-order valence-corrected chi connectivity index (χ0v) is 21.4. The molecule has 182 valence electrons. The Bertz CT molecular complexity index is 1250. The maximum Gasteiger partial charge on any atom is 0.290 e. The molecule has 0 aliphatic carbocycles. The second kappa shape index (κ2) is 10.5. The number of hydrogen-bond donors (Lipinski definition) is 1. The number of rotatable bonds is 9. The number of nitrogens with zero attached hydrogens (tertiary/aromatic N) is 3. The van der Waals surface area contributed by atoms with Crippen LogP contribution in [-0.4, -0.2) is 58.8 Å². The van der Waals surface area contributed by atoms with Crippen LogP contribution in [0.5, 0.6) is 0 Å². The van der Waals surface area contributed by atoms with E-state index in [4.69, 9.17) is 0 Å².